The smallest absolute Gasteiger partial charge is 0.252 e. The molecule has 3 heterocycles. The van der Waals surface area contributed by atoms with Crippen LogP contribution in [0.5, 0.6) is 0 Å². The number of piperidine rings is 1. The highest BCUT2D eigenvalue weighted by atomic mass is 32.2. The van der Waals surface area contributed by atoms with E-state index >= 15 is 0 Å². The van der Waals surface area contributed by atoms with Crippen LogP contribution in [-0.2, 0) is 31.2 Å². The van der Waals surface area contributed by atoms with Crippen molar-refractivity contribution in [1.29, 1.82) is 0 Å². The van der Waals surface area contributed by atoms with Gasteiger partial charge in [0.15, 0.2) is 9.84 Å². The fourth-order valence-electron chi connectivity index (χ4n) is 5.34. The van der Waals surface area contributed by atoms with Gasteiger partial charge < -0.3 is 10.6 Å². The molecule has 0 unspecified atom stereocenters. The number of sulfone groups is 1. The number of amides is 1. The molecule has 4 rings (SSSR count). The first-order valence-electron chi connectivity index (χ1n) is 11.5. The maximum absolute atomic E-state index is 13.5. The Hall–Kier alpha value is -1.01. The summed E-state index contributed by atoms with van der Waals surface area (Å²) in [6.07, 6.45) is 6.36. The molecule has 2 aliphatic heterocycles. The standard InChI is InChI=1S/C21H33N3O5S3/c22-13-19-6-7-20(30-19)32(28,29)24-14-17(16-4-2-1-3-5-16)12-18(15-24)21(25)23-8-10-31(26,27)11-9-23/h6-7,16-18H,1-5,8-15,22H2/t17-,18+/m1/s1. The van der Waals surface area contributed by atoms with Crippen LogP contribution in [0.25, 0.3) is 0 Å². The Morgan fingerprint density at radius 2 is 1.75 bits per heavy atom. The van der Waals surface area contributed by atoms with Gasteiger partial charge in [-0.2, -0.15) is 4.31 Å². The number of carbonyl (C=O) groups excluding carboxylic acids is 1. The van der Waals surface area contributed by atoms with E-state index in [1.54, 1.807) is 17.0 Å². The molecular formula is C21H33N3O5S3. The number of rotatable bonds is 5. The fraction of sp³-hybridized carbons (Fsp3) is 0.762. The molecule has 2 saturated heterocycles. The molecule has 8 nitrogen and oxygen atoms in total. The van der Waals surface area contributed by atoms with E-state index in [1.807, 2.05) is 0 Å². The summed E-state index contributed by atoms with van der Waals surface area (Å²) in [5, 5.41) is 0. The molecule has 32 heavy (non-hydrogen) atoms. The molecule has 1 aromatic heterocycles. The van der Waals surface area contributed by atoms with Crippen molar-refractivity contribution in [3.05, 3.63) is 17.0 Å². The monoisotopic (exact) mass is 503 g/mol. The highest BCUT2D eigenvalue weighted by molar-refractivity contribution is 7.91. The van der Waals surface area contributed by atoms with Crippen LogP contribution < -0.4 is 5.73 Å². The number of nitrogens with two attached hydrogens (primary N) is 1. The lowest BCUT2D eigenvalue weighted by molar-refractivity contribution is -0.137. The highest BCUT2D eigenvalue weighted by Gasteiger charge is 2.42. The van der Waals surface area contributed by atoms with Crippen molar-refractivity contribution in [3.63, 3.8) is 0 Å². The second kappa shape index (κ2) is 9.69. The third-order valence-corrected chi connectivity index (χ3v) is 12.2. The van der Waals surface area contributed by atoms with Gasteiger partial charge in [-0.25, -0.2) is 16.8 Å². The van der Waals surface area contributed by atoms with Crippen molar-refractivity contribution in [2.75, 3.05) is 37.7 Å². The Balaban J connectivity index is 1.56. The summed E-state index contributed by atoms with van der Waals surface area (Å²) in [6, 6.07) is 3.36. The fourth-order valence-corrected chi connectivity index (χ4v) is 9.48. The number of sulfonamides is 1. The van der Waals surface area contributed by atoms with Gasteiger partial charge in [0.25, 0.3) is 10.0 Å². The van der Waals surface area contributed by atoms with E-state index < -0.39 is 25.8 Å². The maximum atomic E-state index is 13.5. The summed E-state index contributed by atoms with van der Waals surface area (Å²) < 4.78 is 52.3. The molecule has 0 spiro atoms. The Labute approximate surface area is 195 Å². The molecule has 1 saturated carbocycles. The van der Waals surface area contributed by atoms with Crippen molar-refractivity contribution in [2.24, 2.45) is 23.5 Å². The van der Waals surface area contributed by atoms with Crippen LogP contribution in [0.4, 0.5) is 0 Å². The van der Waals surface area contributed by atoms with E-state index in [-0.39, 0.29) is 47.2 Å². The van der Waals surface area contributed by atoms with Crippen molar-refractivity contribution >= 4 is 37.1 Å². The molecular weight excluding hydrogens is 470 g/mol. The van der Waals surface area contributed by atoms with Gasteiger partial charge in [-0.15, -0.1) is 11.3 Å². The third kappa shape index (κ3) is 5.22. The molecule has 1 aliphatic carbocycles. The van der Waals surface area contributed by atoms with Gasteiger partial charge in [0.2, 0.25) is 5.91 Å². The molecule has 2 N–H and O–H groups in total. The Morgan fingerprint density at radius 1 is 1.06 bits per heavy atom. The lowest BCUT2D eigenvalue weighted by Gasteiger charge is -2.42. The van der Waals surface area contributed by atoms with Crippen molar-refractivity contribution in [3.8, 4) is 0 Å². The van der Waals surface area contributed by atoms with Crippen LogP contribution in [0, 0.1) is 17.8 Å². The Kier molecular flexibility index (Phi) is 7.31. The van der Waals surface area contributed by atoms with Crippen LogP contribution in [0.3, 0.4) is 0 Å². The first kappa shape index (κ1) is 24.1. The average Bonchev–Trinajstić information content (AvgIpc) is 3.29. The summed E-state index contributed by atoms with van der Waals surface area (Å²) in [4.78, 5) is 15.8. The average molecular weight is 504 g/mol. The second-order valence-electron chi connectivity index (χ2n) is 9.31. The summed E-state index contributed by atoms with van der Waals surface area (Å²) in [5.41, 5.74) is 5.68. The largest absolute Gasteiger partial charge is 0.340 e. The zero-order valence-electron chi connectivity index (χ0n) is 18.3. The number of hydrogen-bond acceptors (Lipinski definition) is 7. The molecule has 0 radical (unpaired) electrons. The second-order valence-corrected chi connectivity index (χ2v) is 15.0. The molecule has 180 valence electrons. The van der Waals surface area contributed by atoms with Crippen LogP contribution in [0.15, 0.2) is 16.3 Å². The van der Waals surface area contributed by atoms with Crippen molar-refractivity contribution in [1.82, 2.24) is 9.21 Å². The van der Waals surface area contributed by atoms with E-state index in [0.29, 0.717) is 25.4 Å². The lowest BCUT2D eigenvalue weighted by Crippen LogP contribution is -2.53. The Morgan fingerprint density at radius 3 is 2.38 bits per heavy atom. The maximum Gasteiger partial charge on any atom is 0.252 e. The van der Waals surface area contributed by atoms with Crippen molar-refractivity contribution < 1.29 is 21.6 Å². The SMILES string of the molecule is NCc1ccc(S(=O)(=O)N2C[C@@H](C(=O)N3CCS(=O)(=O)CC3)C[C@@H](C3CCCCC3)C2)s1. The number of carbonyl (C=O) groups is 1. The molecule has 0 bridgehead atoms. The summed E-state index contributed by atoms with van der Waals surface area (Å²) in [5.74, 6) is 0.0132. The predicted octanol–water partition coefficient (Wildman–Crippen LogP) is 1.67. The lowest BCUT2D eigenvalue weighted by atomic mass is 9.74. The molecule has 3 fully saturated rings. The third-order valence-electron chi connectivity index (χ3n) is 7.20. The van der Waals surface area contributed by atoms with Gasteiger partial charge in [-0.1, -0.05) is 32.1 Å². The number of thiophene rings is 1. The molecule has 0 aromatic carbocycles. The zero-order chi connectivity index (χ0) is 22.9. The Bertz CT molecular complexity index is 1020. The molecule has 1 amide bonds. The zero-order valence-corrected chi connectivity index (χ0v) is 20.8. The van der Waals surface area contributed by atoms with Gasteiger partial charge in [0.05, 0.1) is 17.4 Å². The minimum Gasteiger partial charge on any atom is -0.340 e. The van der Waals surface area contributed by atoms with E-state index in [2.05, 4.69) is 0 Å². The number of hydrogen-bond donors (Lipinski definition) is 1. The van der Waals surface area contributed by atoms with E-state index in [1.165, 1.54) is 22.1 Å². The number of nitrogens with zero attached hydrogens (tertiary/aromatic N) is 2. The summed E-state index contributed by atoms with van der Waals surface area (Å²) >= 11 is 1.19. The van der Waals surface area contributed by atoms with E-state index in [9.17, 15) is 21.6 Å². The minimum absolute atomic E-state index is 0.0173. The van der Waals surface area contributed by atoms with Gasteiger partial charge in [-0.3, -0.25) is 4.79 Å². The first-order chi connectivity index (χ1) is 15.2. The predicted molar refractivity (Wildman–Crippen MR) is 124 cm³/mol. The molecule has 3 aliphatic rings. The van der Waals surface area contributed by atoms with Crippen LogP contribution >= 0.6 is 11.3 Å². The van der Waals surface area contributed by atoms with Crippen LogP contribution in [0.1, 0.15) is 43.4 Å². The molecule has 1 aromatic rings. The quantitative estimate of drug-likeness (QED) is 0.653. The summed E-state index contributed by atoms with van der Waals surface area (Å²) in [7, 11) is -6.80. The van der Waals surface area contributed by atoms with Crippen LogP contribution in [0.2, 0.25) is 0 Å². The van der Waals surface area contributed by atoms with Gasteiger partial charge in [0, 0.05) is 37.6 Å². The van der Waals surface area contributed by atoms with Crippen molar-refractivity contribution in [2.45, 2.75) is 49.3 Å². The molecule has 11 heteroatoms. The molecule has 2 atom stereocenters. The highest BCUT2D eigenvalue weighted by Crippen LogP contribution is 2.39. The first-order valence-corrected chi connectivity index (χ1v) is 15.6. The van der Waals surface area contributed by atoms with E-state index in [4.69, 9.17) is 5.73 Å². The van der Waals surface area contributed by atoms with Gasteiger partial charge in [0.1, 0.15) is 4.21 Å². The van der Waals surface area contributed by atoms with E-state index in [0.717, 1.165) is 30.6 Å². The summed E-state index contributed by atoms with van der Waals surface area (Å²) in [6.45, 7) is 1.29. The van der Waals surface area contributed by atoms with Gasteiger partial charge >= 0.3 is 0 Å². The van der Waals surface area contributed by atoms with Gasteiger partial charge in [-0.05, 0) is 30.4 Å². The topological polar surface area (TPSA) is 118 Å². The minimum atomic E-state index is -3.71. The normalized spacial score (nSPS) is 28.0. The van der Waals surface area contributed by atoms with Crippen LogP contribution in [-0.4, -0.2) is 69.6 Å².